The van der Waals surface area contributed by atoms with Crippen molar-refractivity contribution in [2.24, 2.45) is 5.73 Å². The van der Waals surface area contributed by atoms with Gasteiger partial charge in [-0.1, -0.05) is 66.7 Å². The second-order valence-electron chi connectivity index (χ2n) is 8.39. The van der Waals surface area contributed by atoms with Crippen molar-refractivity contribution in [3.63, 3.8) is 0 Å². The minimum atomic E-state index is -0.843. The minimum absolute atomic E-state index is 0.0662. The topological polar surface area (TPSA) is 87.5 Å². The molecule has 7 heteroatoms. The van der Waals surface area contributed by atoms with Crippen LogP contribution in [-0.4, -0.2) is 45.5 Å². The maximum Gasteiger partial charge on any atom is 0.410 e. The van der Waals surface area contributed by atoms with Gasteiger partial charge in [-0.3, -0.25) is 9.80 Å². The Morgan fingerprint density at radius 2 is 1.64 bits per heavy atom. The molecular formula is C26H27N5O2. The highest BCUT2D eigenvalue weighted by Gasteiger charge is 2.31. The zero-order chi connectivity index (χ0) is 22.6. The number of amides is 1. The number of piperazine rings is 1. The summed E-state index contributed by atoms with van der Waals surface area (Å²) >= 11 is 0. The van der Waals surface area contributed by atoms with Crippen molar-refractivity contribution in [3.8, 4) is 5.75 Å². The lowest BCUT2D eigenvalue weighted by molar-refractivity contribution is 0.0597. The fourth-order valence-electron chi connectivity index (χ4n) is 4.50. The normalized spacial score (nSPS) is 17.3. The van der Waals surface area contributed by atoms with Crippen LogP contribution in [0.5, 0.6) is 5.75 Å². The number of aromatic amines is 1. The van der Waals surface area contributed by atoms with Gasteiger partial charge in [0.15, 0.2) is 5.75 Å². The summed E-state index contributed by atoms with van der Waals surface area (Å²) in [6, 6.07) is 26.6. The van der Waals surface area contributed by atoms with Gasteiger partial charge >= 0.3 is 6.09 Å². The first-order valence-electron chi connectivity index (χ1n) is 11.2. The third kappa shape index (κ3) is 4.89. The molecule has 0 aliphatic carbocycles. The molecule has 1 aliphatic heterocycles. The third-order valence-corrected chi connectivity index (χ3v) is 6.07. The summed E-state index contributed by atoms with van der Waals surface area (Å²) in [4.78, 5) is 24.6. The van der Waals surface area contributed by atoms with Crippen molar-refractivity contribution in [3.05, 3.63) is 95.8 Å². The quantitative estimate of drug-likeness (QED) is 0.471. The van der Waals surface area contributed by atoms with Crippen molar-refractivity contribution in [2.75, 3.05) is 19.6 Å². The van der Waals surface area contributed by atoms with E-state index in [0.29, 0.717) is 11.3 Å². The van der Waals surface area contributed by atoms with Crippen LogP contribution < -0.4 is 10.5 Å². The Labute approximate surface area is 192 Å². The molecule has 4 aromatic rings. The molecule has 1 atom stereocenters. The number of hydrogen-bond donors (Lipinski definition) is 2. The molecule has 0 bridgehead atoms. The van der Waals surface area contributed by atoms with Gasteiger partial charge in [-0.2, -0.15) is 0 Å². The summed E-state index contributed by atoms with van der Waals surface area (Å²) in [6.45, 7) is 4.48. The van der Waals surface area contributed by atoms with Crippen molar-refractivity contribution < 1.29 is 9.53 Å². The number of carbonyl (C=O) groups is 1. The number of nitrogens with one attached hydrogen (secondary N) is 1. The maximum atomic E-state index is 11.3. The third-order valence-electron chi connectivity index (χ3n) is 6.07. The van der Waals surface area contributed by atoms with Gasteiger partial charge in [0, 0.05) is 32.7 Å². The van der Waals surface area contributed by atoms with Crippen LogP contribution in [-0.2, 0) is 13.1 Å². The van der Waals surface area contributed by atoms with E-state index in [-0.39, 0.29) is 6.04 Å². The fourth-order valence-corrected chi connectivity index (χ4v) is 4.50. The molecule has 1 aliphatic rings. The lowest BCUT2D eigenvalue weighted by Crippen LogP contribution is -2.47. The Balaban J connectivity index is 1.45. The van der Waals surface area contributed by atoms with E-state index in [9.17, 15) is 4.79 Å². The lowest BCUT2D eigenvalue weighted by atomic mass is 10.1. The zero-order valence-corrected chi connectivity index (χ0v) is 18.4. The van der Waals surface area contributed by atoms with Gasteiger partial charge in [0.1, 0.15) is 11.3 Å². The maximum absolute atomic E-state index is 11.3. The van der Waals surface area contributed by atoms with Crippen LogP contribution in [0.3, 0.4) is 0 Å². The number of fused-ring (bicyclic) bond motifs is 1. The molecule has 168 valence electrons. The Morgan fingerprint density at radius 3 is 2.33 bits per heavy atom. The van der Waals surface area contributed by atoms with E-state index in [2.05, 4.69) is 63.3 Å². The number of hydrogen-bond acceptors (Lipinski definition) is 5. The largest absolute Gasteiger partial charge is 0.410 e. The van der Waals surface area contributed by atoms with Crippen LogP contribution in [0.4, 0.5) is 4.79 Å². The zero-order valence-electron chi connectivity index (χ0n) is 18.4. The number of ether oxygens (including phenoxy) is 1. The van der Waals surface area contributed by atoms with Crippen LogP contribution in [0.25, 0.3) is 11.0 Å². The Kier molecular flexibility index (Phi) is 6.06. The molecule has 3 aromatic carbocycles. The average molecular weight is 442 g/mol. The molecular weight excluding hydrogens is 414 g/mol. The van der Waals surface area contributed by atoms with Crippen molar-refractivity contribution in [2.45, 2.75) is 19.1 Å². The minimum Gasteiger partial charge on any atom is -0.408 e. The first-order valence-corrected chi connectivity index (χ1v) is 11.2. The predicted octanol–water partition coefficient (Wildman–Crippen LogP) is 4.08. The molecule has 5 rings (SSSR count). The van der Waals surface area contributed by atoms with E-state index in [1.54, 1.807) is 6.07 Å². The van der Waals surface area contributed by atoms with Crippen LogP contribution in [0.15, 0.2) is 78.9 Å². The van der Waals surface area contributed by atoms with E-state index in [1.165, 1.54) is 11.1 Å². The number of primary amides is 1. The van der Waals surface area contributed by atoms with Crippen LogP contribution >= 0.6 is 0 Å². The highest BCUT2D eigenvalue weighted by Crippen LogP contribution is 2.31. The number of benzene rings is 3. The summed E-state index contributed by atoms with van der Waals surface area (Å²) < 4.78 is 5.18. The van der Waals surface area contributed by atoms with E-state index in [4.69, 9.17) is 15.5 Å². The number of nitrogens with zero attached hydrogens (tertiary/aromatic N) is 3. The molecule has 3 N–H and O–H groups in total. The van der Waals surface area contributed by atoms with Gasteiger partial charge in [-0.05, 0) is 23.3 Å². The van der Waals surface area contributed by atoms with Gasteiger partial charge in [0.25, 0.3) is 0 Å². The highest BCUT2D eigenvalue weighted by atomic mass is 16.5. The van der Waals surface area contributed by atoms with Crippen molar-refractivity contribution >= 4 is 17.1 Å². The first kappa shape index (κ1) is 21.2. The predicted molar refractivity (Wildman–Crippen MR) is 128 cm³/mol. The van der Waals surface area contributed by atoms with E-state index in [1.807, 2.05) is 24.3 Å². The van der Waals surface area contributed by atoms with Gasteiger partial charge in [-0.15, -0.1) is 0 Å². The van der Waals surface area contributed by atoms with Crippen LogP contribution in [0.2, 0.25) is 0 Å². The summed E-state index contributed by atoms with van der Waals surface area (Å²) in [6.07, 6.45) is -0.843. The molecule has 0 spiro atoms. The average Bonchev–Trinajstić information content (AvgIpc) is 3.26. The standard InChI is InChI=1S/C26H27N5O2/c27-26(32)33-23-13-7-12-21-24(23)29-25(28-21)22-18-30(16-19-8-3-1-4-9-19)14-15-31(22)17-20-10-5-2-6-11-20/h1-13,22H,14-18H2,(H2,27,32)(H,28,29). The van der Waals surface area contributed by atoms with Crippen molar-refractivity contribution in [1.29, 1.82) is 0 Å². The second kappa shape index (κ2) is 9.44. The molecule has 1 unspecified atom stereocenters. The first-order chi connectivity index (χ1) is 16.2. The molecule has 1 aromatic heterocycles. The molecule has 0 radical (unpaired) electrons. The Hall–Kier alpha value is -3.68. The number of carbonyl (C=O) groups excluding carboxylic acids is 1. The molecule has 7 nitrogen and oxygen atoms in total. The fraction of sp³-hybridized carbons (Fsp3) is 0.231. The van der Waals surface area contributed by atoms with E-state index < -0.39 is 6.09 Å². The molecule has 0 saturated carbocycles. The molecule has 1 fully saturated rings. The van der Waals surface area contributed by atoms with Gasteiger partial charge in [0.05, 0.1) is 11.6 Å². The SMILES string of the molecule is NC(=O)Oc1cccc2[nH]c(C3CN(Cc4ccccc4)CCN3Cc3ccccc3)nc12. The number of aromatic nitrogens is 2. The molecule has 2 heterocycles. The highest BCUT2D eigenvalue weighted by molar-refractivity contribution is 5.84. The van der Waals surface area contributed by atoms with Crippen molar-refractivity contribution in [1.82, 2.24) is 19.8 Å². The van der Waals surface area contributed by atoms with E-state index in [0.717, 1.165) is 44.1 Å². The lowest BCUT2D eigenvalue weighted by Gasteiger charge is -2.40. The number of para-hydroxylation sites is 1. The van der Waals surface area contributed by atoms with E-state index >= 15 is 0 Å². The Morgan fingerprint density at radius 1 is 0.939 bits per heavy atom. The van der Waals surface area contributed by atoms with Gasteiger partial charge in [0.2, 0.25) is 0 Å². The number of rotatable bonds is 6. The smallest absolute Gasteiger partial charge is 0.408 e. The number of H-pyrrole nitrogens is 1. The molecule has 1 saturated heterocycles. The molecule has 1 amide bonds. The summed E-state index contributed by atoms with van der Waals surface area (Å²) in [5, 5.41) is 0. The van der Waals surface area contributed by atoms with Crippen LogP contribution in [0, 0.1) is 0 Å². The van der Waals surface area contributed by atoms with Gasteiger partial charge in [-0.25, -0.2) is 9.78 Å². The second-order valence-corrected chi connectivity index (χ2v) is 8.39. The van der Waals surface area contributed by atoms with Crippen LogP contribution in [0.1, 0.15) is 23.0 Å². The summed E-state index contributed by atoms with van der Waals surface area (Å²) in [5.41, 5.74) is 9.26. The monoisotopic (exact) mass is 441 g/mol. The Bertz CT molecular complexity index is 1230. The molecule has 33 heavy (non-hydrogen) atoms. The summed E-state index contributed by atoms with van der Waals surface area (Å²) in [5.74, 6) is 1.23. The summed E-state index contributed by atoms with van der Waals surface area (Å²) in [7, 11) is 0. The van der Waals surface area contributed by atoms with Gasteiger partial charge < -0.3 is 15.5 Å². The number of nitrogens with two attached hydrogens (primary N) is 1. The number of imidazole rings is 1.